The Kier molecular flexibility index (Phi) is 8.03. The molecule has 0 spiro atoms. The average molecular weight is 613 g/mol. The molecule has 2 aromatic rings. The molecule has 2 saturated carbocycles. The van der Waals surface area contributed by atoms with E-state index < -0.39 is 59.6 Å². The minimum atomic E-state index is -3.32. The van der Waals surface area contributed by atoms with Crippen LogP contribution >= 0.6 is 0 Å². The highest BCUT2D eigenvalue weighted by molar-refractivity contribution is 5.89. The zero-order valence-corrected chi connectivity index (χ0v) is 25.8. The monoisotopic (exact) mass is 612 g/mol. The maximum Gasteiger partial charge on any atom is 0.408 e. The molecule has 11 heteroatoms. The molecule has 1 saturated heterocycles. The summed E-state index contributed by atoms with van der Waals surface area (Å²) < 4.78 is 44.2. The normalized spacial score (nSPS) is 34.0. The van der Waals surface area contributed by atoms with Crippen molar-refractivity contribution in [1.82, 2.24) is 20.2 Å². The van der Waals surface area contributed by atoms with Gasteiger partial charge in [0.15, 0.2) is 5.69 Å². The summed E-state index contributed by atoms with van der Waals surface area (Å²) in [5.74, 6) is -3.49. The third-order valence-electron chi connectivity index (χ3n) is 10.1. The van der Waals surface area contributed by atoms with E-state index in [1.54, 1.807) is 24.3 Å². The van der Waals surface area contributed by atoms with E-state index in [4.69, 9.17) is 9.47 Å². The van der Waals surface area contributed by atoms with Gasteiger partial charge in [0.05, 0.1) is 23.6 Å². The Hall–Kier alpha value is -3.37. The summed E-state index contributed by atoms with van der Waals surface area (Å²) >= 11 is 0. The fourth-order valence-corrected chi connectivity index (χ4v) is 7.69. The Balaban J connectivity index is 1.40. The van der Waals surface area contributed by atoms with Crippen molar-refractivity contribution in [3.63, 3.8) is 0 Å². The number of carbonyl (C=O) groups is 3. The number of aromatic nitrogens is 2. The molecule has 1 N–H and O–H groups in total. The van der Waals surface area contributed by atoms with Gasteiger partial charge in [0.25, 0.3) is 5.92 Å². The number of nitrogens with zero attached hydrogens (tertiary/aromatic N) is 3. The molecule has 3 fully saturated rings. The number of hydrogen-bond donors (Lipinski definition) is 1. The molecule has 44 heavy (non-hydrogen) atoms. The van der Waals surface area contributed by atoms with Gasteiger partial charge in [-0.05, 0) is 67.4 Å². The first kappa shape index (κ1) is 30.6. The summed E-state index contributed by atoms with van der Waals surface area (Å²) in [6.45, 7) is 7.35. The number of amides is 2. The van der Waals surface area contributed by atoms with Crippen molar-refractivity contribution in [3.05, 3.63) is 30.0 Å². The van der Waals surface area contributed by atoms with Gasteiger partial charge in [-0.3, -0.25) is 4.79 Å². The molecule has 4 aliphatic rings. The third kappa shape index (κ3) is 5.74. The van der Waals surface area contributed by atoms with Gasteiger partial charge < -0.3 is 24.5 Å². The first-order valence-electron chi connectivity index (χ1n) is 16.0. The molecule has 238 valence electrons. The van der Waals surface area contributed by atoms with Gasteiger partial charge >= 0.3 is 6.09 Å². The highest BCUT2D eigenvalue weighted by atomic mass is 19.3. The van der Waals surface area contributed by atoms with Crippen LogP contribution in [0.15, 0.2) is 24.3 Å². The first-order chi connectivity index (χ1) is 20.9. The van der Waals surface area contributed by atoms with Gasteiger partial charge in [0, 0.05) is 12.3 Å². The summed E-state index contributed by atoms with van der Waals surface area (Å²) in [4.78, 5) is 50.1. The van der Waals surface area contributed by atoms with Crippen LogP contribution < -0.4 is 10.1 Å². The van der Waals surface area contributed by atoms with Crippen molar-refractivity contribution >= 4 is 29.3 Å². The largest absolute Gasteiger partial charge is 0.471 e. The molecule has 0 radical (unpaired) electrons. The van der Waals surface area contributed by atoms with E-state index in [0.29, 0.717) is 48.4 Å². The number of hydrogen-bond acceptors (Lipinski definition) is 7. The van der Waals surface area contributed by atoms with Crippen LogP contribution in [0.3, 0.4) is 0 Å². The number of para-hydroxylation sites is 2. The van der Waals surface area contributed by atoms with Gasteiger partial charge in [0.1, 0.15) is 24.5 Å². The Morgan fingerprint density at radius 2 is 1.77 bits per heavy atom. The summed E-state index contributed by atoms with van der Waals surface area (Å²) in [5, 5.41) is 2.83. The second-order valence-corrected chi connectivity index (χ2v) is 14.1. The number of rotatable bonds is 2. The molecule has 9 nitrogen and oxygen atoms in total. The van der Waals surface area contributed by atoms with E-state index in [1.165, 1.54) is 4.90 Å². The van der Waals surface area contributed by atoms with Crippen LogP contribution in [0.4, 0.5) is 13.6 Å². The summed E-state index contributed by atoms with van der Waals surface area (Å²) in [5.41, 5.74) is -0.478. The Labute approximate surface area is 256 Å². The van der Waals surface area contributed by atoms with Crippen LogP contribution in [0.1, 0.15) is 78.3 Å². The van der Waals surface area contributed by atoms with Crippen LogP contribution in [0, 0.1) is 29.1 Å². The van der Waals surface area contributed by atoms with Gasteiger partial charge in [-0.15, -0.1) is 0 Å². The molecule has 8 atom stereocenters. The lowest BCUT2D eigenvalue weighted by atomic mass is 9.85. The minimum absolute atomic E-state index is 0.0301. The molecule has 1 aromatic carbocycles. The van der Waals surface area contributed by atoms with E-state index in [1.807, 2.05) is 27.7 Å². The van der Waals surface area contributed by atoms with Gasteiger partial charge in [-0.2, -0.15) is 8.78 Å². The lowest BCUT2D eigenvalue weighted by molar-refractivity contribution is -0.139. The Morgan fingerprint density at radius 3 is 2.45 bits per heavy atom. The molecule has 2 aliphatic heterocycles. The lowest BCUT2D eigenvalue weighted by Gasteiger charge is -2.35. The number of carbonyl (C=O) groups excluding carboxylic acids is 3. The minimum Gasteiger partial charge on any atom is -0.471 e. The summed E-state index contributed by atoms with van der Waals surface area (Å²) in [7, 11) is 0. The number of nitrogens with one attached hydrogen (secondary N) is 1. The molecule has 3 heterocycles. The topological polar surface area (TPSA) is 111 Å². The van der Waals surface area contributed by atoms with Crippen LogP contribution in [0.25, 0.3) is 11.0 Å². The van der Waals surface area contributed by atoms with Crippen LogP contribution in [0.2, 0.25) is 0 Å². The summed E-state index contributed by atoms with van der Waals surface area (Å²) in [6.07, 6.45) is 2.26. The van der Waals surface area contributed by atoms with Crippen LogP contribution in [-0.4, -0.2) is 64.0 Å². The predicted molar refractivity (Wildman–Crippen MR) is 158 cm³/mol. The van der Waals surface area contributed by atoms with Gasteiger partial charge in [-0.25, -0.2) is 14.8 Å². The molecule has 2 bridgehead atoms. The van der Waals surface area contributed by atoms with E-state index in [9.17, 15) is 14.4 Å². The number of benzene rings is 1. The van der Waals surface area contributed by atoms with Crippen molar-refractivity contribution in [1.29, 1.82) is 0 Å². The molecule has 1 aromatic heterocycles. The fraction of sp³-hybridized carbons (Fsp3) is 0.667. The van der Waals surface area contributed by atoms with Crippen molar-refractivity contribution in [2.24, 2.45) is 29.1 Å². The standard InChI is InChI=1S/C33H42F2N4O5/c1-5-19-24(17-40)39-16-26(19)43-29-27(36-22-11-6-7-12-23(22)37-29)33(34,35)13-9-8-10-20-21-14-18(21)15-25(20)44-31(42)38-28(30(39)41)32(2,3)4/h6-7,11-12,17-21,24-26,28H,5,8-10,13-16H2,1-4H3,(H,38,42)/t18?,19-,20+,21?,24+,25+,26-,28+/m0/s1. The molecule has 2 aliphatic carbocycles. The van der Waals surface area contributed by atoms with Gasteiger partial charge in [0.2, 0.25) is 11.8 Å². The Bertz CT molecular complexity index is 1430. The molecular formula is C33H42F2N4O5. The quantitative estimate of drug-likeness (QED) is 0.437. The Morgan fingerprint density at radius 1 is 1.05 bits per heavy atom. The number of alkyl carbamates (subject to hydrolysis) is 1. The van der Waals surface area contributed by atoms with E-state index in [-0.39, 0.29) is 30.9 Å². The van der Waals surface area contributed by atoms with Crippen molar-refractivity contribution in [2.75, 3.05) is 6.54 Å². The zero-order chi connectivity index (χ0) is 31.4. The summed E-state index contributed by atoms with van der Waals surface area (Å²) in [6, 6.07) is 4.95. The number of fused-ring (bicyclic) bond motifs is 7. The molecule has 6 rings (SSSR count). The van der Waals surface area contributed by atoms with Crippen molar-refractivity contribution < 1.29 is 32.6 Å². The third-order valence-corrected chi connectivity index (χ3v) is 10.1. The van der Waals surface area contributed by atoms with Crippen molar-refractivity contribution in [2.45, 2.75) is 103 Å². The SMILES string of the molecule is CC[C@@H]1[C@@H]2CN(C(=O)[C@H](C(C)(C)C)NC(=O)O[C@@H]3CC4CC4[C@H]3CCCCC(F)(F)c3nc4ccccc4nc3O2)[C@@H]1C=O. The van der Waals surface area contributed by atoms with Crippen molar-refractivity contribution in [3.8, 4) is 5.88 Å². The molecule has 2 unspecified atom stereocenters. The highest BCUT2D eigenvalue weighted by Gasteiger charge is 2.55. The van der Waals surface area contributed by atoms with Gasteiger partial charge in [-0.1, -0.05) is 46.2 Å². The van der Waals surface area contributed by atoms with E-state index in [2.05, 4.69) is 15.3 Å². The van der Waals surface area contributed by atoms with E-state index in [0.717, 1.165) is 12.8 Å². The maximum absolute atomic E-state index is 16.0. The highest BCUT2D eigenvalue weighted by Crippen LogP contribution is 2.58. The predicted octanol–water partition coefficient (Wildman–Crippen LogP) is 5.64. The second kappa shape index (κ2) is 11.5. The number of ether oxygens (including phenoxy) is 2. The maximum atomic E-state index is 16.0. The number of aldehydes is 1. The van der Waals surface area contributed by atoms with E-state index >= 15 is 8.78 Å². The lowest BCUT2D eigenvalue weighted by Crippen LogP contribution is -2.56. The van der Waals surface area contributed by atoms with Crippen LogP contribution in [0.5, 0.6) is 5.88 Å². The second-order valence-electron chi connectivity index (χ2n) is 14.1. The number of alkyl halides is 2. The molecule has 2 amide bonds. The smallest absolute Gasteiger partial charge is 0.408 e. The molecular weight excluding hydrogens is 570 g/mol. The average Bonchev–Trinajstić information content (AvgIpc) is 3.52. The fourth-order valence-electron chi connectivity index (χ4n) is 7.69. The zero-order valence-electron chi connectivity index (χ0n) is 25.8. The van der Waals surface area contributed by atoms with Crippen LogP contribution in [-0.2, 0) is 20.2 Å². The number of halogens is 2. The first-order valence-corrected chi connectivity index (χ1v) is 16.0.